The Morgan fingerprint density at radius 1 is 1.38 bits per heavy atom. The van der Waals surface area contributed by atoms with Crippen molar-refractivity contribution in [3.8, 4) is 0 Å². The first-order chi connectivity index (χ1) is 7.44. The summed E-state index contributed by atoms with van der Waals surface area (Å²) in [5.74, 6) is -0.293. The van der Waals surface area contributed by atoms with Crippen LogP contribution in [0.25, 0.3) is 0 Å². The molecule has 0 saturated heterocycles. The molecule has 2 rings (SSSR count). The molecule has 0 saturated carbocycles. The molecule has 1 aromatic rings. The van der Waals surface area contributed by atoms with Gasteiger partial charge in [-0.2, -0.15) is 8.42 Å². The fraction of sp³-hybridized carbons (Fsp3) is 0.455. The quantitative estimate of drug-likeness (QED) is 0.743. The van der Waals surface area contributed by atoms with Crippen LogP contribution >= 0.6 is 0 Å². The van der Waals surface area contributed by atoms with Gasteiger partial charge in [0.15, 0.2) is 0 Å². The van der Waals surface area contributed by atoms with Crippen molar-refractivity contribution in [2.75, 3.05) is 6.26 Å². The van der Waals surface area contributed by atoms with E-state index in [4.69, 9.17) is 4.18 Å². The Labute approximate surface area is 94.4 Å². The predicted octanol–water partition coefficient (Wildman–Crippen LogP) is 1.66. The maximum Gasteiger partial charge on any atom is 0.264 e. The maximum atomic E-state index is 13.0. The van der Waals surface area contributed by atoms with Crippen LogP contribution in [0.15, 0.2) is 18.2 Å². The largest absolute Gasteiger partial charge is 0.267 e. The summed E-state index contributed by atoms with van der Waals surface area (Å²) in [7, 11) is -3.43. The van der Waals surface area contributed by atoms with Crippen molar-refractivity contribution in [3.63, 3.8) is 0 Å². The van der Waals surface area contributed by atoms with Gasteiger partial charge in [0.25, 0.3) is 10.1 Å². The summed E-state index contributed by atoms with van der Waals surface area (Å²) >= 11 is 0. The lowest BCUT2D eigenvalue weighted by Gasteiger charge is -2.23. The molecule has 0 heterocycles. The van der Waals surface area contributed by atoms with Crippen LogP contribution in [0.3, 0.4) is 0 Å². The second kappa shape index (κ2) is 4.14. The maximum absolute atomic E-state index is 13.0. The van der Waals surface area contributed by atoms with Gasteiger partial charge in [0, 0.05) is 6.42 Å². The first-order valence-corrected chi connectivity index (χ1v) is 6.91. The van der Waals surface area contributed by atoms with Crippen molar-refractivity contribution in [2.45, 2.75) is 25.4 Å². The highest BCUT2D eigenvalue weighted by Gasteiger charge is 2.22. The van der Waals surface area contributed by atoms with Gasteiger partial charge in [0.2, 0.25) is 0 Å². The predicted molar refractivity (Wildman–Crippen MR) is 58.1 cm³/mol. The van der Waals surface area contributed by atoms with Crippen LogP contribution in [0.2, 0.25) is 0 Å². The molecule has 16 heavy (non-hydrogen) atoms. The topological polar surface area (TPSA) is 43.4 Å². The van der Waals surface area contributed by atoms with Crippen LogP contribution in [0.1, 0.15) is 17.5 Å². The third-order valence-corrected chi connectivity index (χ3v) is 3.28. The number of halogens is 1. The van der Waals surface area contributed by atoms with Crippen molar-refractivity contribution in [2.24, 2.45) is 0 Å². The normalized spacial score (nSPS) is 20.5. The number of benzene rings is 1. The van der Waals surface area contributed by atoms with Gasteiger partial charge >= 0.3 is 0 Å². The highest BCUT2D eigenvalue weighted by Crippen LogP contribution is 2.24. The summed E-state index contributed by atoms with van der Waals surface area (Å²) in [4.78, 5) is 0. The SMILES string of the molecule is CS(=O)(=O)O[C@H]1CCc2ccc(F)cc2C1. The van der Waals surface area contributed by atoms with Gasteiger partial charge in [-0.3, -0.25) is 4.18 Å². The van der Waals surface area contributed by atoms with E-state index < -0.39 is 10.1 Å². The third-order valence-electron chi connectivity index (χ3n) is 2.66. The minimum Gasteiger partial charge on any atom is -0.267 e. The average Bonchev–Trinajstić information content (AvgIpc) is 2.14. The minimum absolute atomic E-state index is 0.293. The second-order valence-electron chi connectivity index (χ2n) is 4.08. The third kappa shape index (κ3) is 2.80. The van der Waals surface area contributed by atoms with E-state index in [1.165, 1.54) is 12.1 Å². The Balaban J connectivity index is 2.17. The standard InChI is InChI=1S/C11H13FO3S/c1-16(13,14)15-11-5-3-8-2-4-10(12)6-9(8)7-11/h2,4,6,11H,3,5,7H2,1H3/t11-/m0/s1. The molecular weight excluding hydrogens is 231 g/mol. The summed E-state index contributed by atoms with van der Waals surface area (Å²) in [6.45, 7) is 0. The Hall–Kier alpha value is -0.940. The smallest absolute Gasteiger partial charge is 0.264 e. The van der Waals surface area contributed by atoms with Gasteiger partial charge in [-0.15, -0.1) is 0 Å². The summed E-state index contributed by atoms with van der Waals surface area (Å²) in [6.07, 6.45) is 2.53. The van der Waals surface area contributed by atoms with Crippen molar-refractivity contribution in [3.05, 3.63) is 35.1 Å². The number of hydrogen-bond donors (Lipinski definition) is 0. The molecule has 88 valence electrons. The lowest BCUT2D eigenvalue weighted by Crippen LogP contribution is -2.25. The molecular formula is C11H13FO3S. The van der Waals surface area contributed by atoms with E-state index in [1.54, 1.807) is 6.07 Å². The molecule has 1 aliphatic carbocycles. The van der Waals surface area contributed by atoms with E-state index in [2.05, 4.69) is 0 Å². The number of rotatable bonds is 2. The molecule has 5 heteroatoms. The summed E-state index contributed by atoms with van der Waals surface area (Å²) in [5.41, 5.74) is 1.93. The lowest BCUT2D eigenvalue weighted by molar-refractivity contribution is 0.194. The molecule has 1 aromatic carbocycles. The molecule has 0 amide bonds. The minimum atomic E-state index is -3.43. The fourth-order valence-electron chi connectivity index (χ4n) is 2.02. The fourth-order valence-corrected chi connectivity index (χ4v) is 2.68. The number of hydrogen-bond acceptors (Lipinski definition) is 3. The van der Waals surface area contributed by atoms with Crippen LogP contribution in [0.5, 0.6) is 0 Å². The molecule has 0 radical (unpaired) electrons. The Kier molecular flexibility index (Phi) is 2.99. The molecule has 0 spiro atoms. The second-order valence-corrected chi connectivity index (χ2v) is 5.68. The van der Waals surface area contributed by atoms with Crippen molar-refractivity contribution >= 4 is 10.1 Å². The molecule has 1 atom stereocenters. The van der Waals surface area contributed by atoms with Gasteiger partial charge in [0.05, 0.1) is 12.4 Å². The zero-order valence-corrected chi connectivity index (χ0v) is 9.76. The highest BCUT2D eigenvalue weighted by molar-refractivity contribution is 7.86. The molecule has 0 N–H and O–H groups in total. The van der Waals surface area contributed by atoms with Crippen LogP contribution in [-0.2, 0) is 27.1 Å². The molecule has 0 aromatic heterocycles. The highest BCUT2D eigenvalue weighted by atomic mass is 32.2. The van der Waals surface area contributed by atoms with Gasteiger partial charge in [-0.25, -0.2) is 4.39 Å². The lowest BCUT2D eigenvalue weighted by atomic mass is 9.90. The first kappa shape index (κ1) is 11.5. The van der Waals surface area contributed by atoms with Crippen LogP contribution < -0.4 is 0 Å². The van der Waals surface area contributed by atoms with Crippen molar-refractivity contribution in [1.29, 1.82) is 0 Å². The zero-order valence-electron chi connectivity index (χ0n) is 8.94. The van der Waals surface area contributed by atoms with E-state index in [9.17, 15) is 12.8 Å². The van der Waals surface area contributed by atoms with Gasteiger partial charge in [0.1, 0.15) is 5.82 Å². The molecule has 0 unspecified atom stereocenters. The van der Waals surface area contributed by atoms with Crippen LogP contribution in [-0.4, -0.2) is 20.8 Å². The summed E-state index contributed by atoms with van der Waals surface area (Å²) < 4.78 is 39.9. The van der Waals surface area contributed by atoms with Gasteiger partial charge < -0.3 is 0 Å². The Morgan fingerprint density at radius 2 is 2.12 bits per heavy atom. The Bertz CT molecular complexity index is 496. The molecule has 1 aliphatic rings. The molecule has 0 fully saturated rings. The van der Waals surface area contributed by atoms with Crippen LogP contribution in [0, 0.1) is 5.82 Å². The van der Waals surface area contributed by atoms with Crippen LogP contribution in [0.4, 0.5) is 4.39 Å². The van der Waals surface area contributed by atoms with Gasteiger partial charge in [-0.1, -0.05) is 6.07 Å². The molecule has 3 nitrogen and oxygen atoms in total. The van der Waals surface area contributed by atoms with Crippen molar-refractivity contribution in [1.82, 2.24) is 0 Å². The van der Waals surface area contributed by atoms with E-state index in [1.807, 2.05) is 0 Å². The zero-order chi connectivity index (χ0) is 11.8. The van der Waals surface area contributed by atoms with E-state index in [0.717, 1.165) is 23.8 Å². The Morgan fingerprint density at radius 3 is 2.81 bits per heavy atom. The number of fused-ring (bicyclic) bond motifs is 1. The van der Waals surface area contributed by atoms with E-state index >= 15 is 0 Å². The van der Waals surface area contributed by atoms with Gasteiger partial charge in [-0.05, 0) is 36.1 Å². The van der Waals surface area contributed by atoms with E-state index in [-0.39, 0.29) is 11.9 Å². The summed E-state index contributed by atoms with van der Waals surface area (Å²) in [5, 5.41) is 0. The van der Waals surface area contributed by atoms with Crippen molar-refractivity contribution < 1.29 is 17.0 Å². The van der Waals surface area contributed by atoms with E-state index in [0.29, 0.717) is 12.8 Å². The monoisotopic (exact) mass is 244 g/mol. The first-order valence-electron chi connectivity index (χ1n) is 5.09. The average molecular weight is 244 g/mol. The number of aryl methyl sites for hydroxylation is 1. The molecule has 0 aliphatic heterocycles. The summed E-state index contributed by atoms with van der Waals surface area (Å²) in [6, 6.07) is 4.63. The molecule has 0 bridgehead atoms.